The average molecular weight is 242 g/mol. The summed E-state index contributed by atoms with van der Waals surface area (Å²) >= 11 is 0. The van der Waals surface area contributed by atoms with Crippen LogP contribution < -0.4 is 11.1 Å². The van der Waals surface area contributed by atoms with Crippen LogP contribution in [0.5, 0.6) is 0 Å². The standard InChI is InChI=1S/C12H16F2N2O/c1-12(2,3)6-16-11(17)8-4-7(13)5-9(15)10(8)14/h4-5H,6,15H2,1-3H3,(H,16,17). The summed E-state index contributed by atoms with van der Waals surface area (Å²) in [5.74, 6) is -2.29. The molecule has 0 unspecified atom stereocenters. The summed E-state index contributed by atoms with van der Waals surface area (Å²) < 4.78 is 26.5. The van der Waals surface area contributed by atoms with Gasteiger partial charge in [0.05, 0.1) is 11.3 Å². The third-order valence-electron chi connectivity index (χ3n) is 2.09. The Kier molecular flexibility index (Phi) is 3.70. The molecule has 17 heavy (non-hydrogen) atoms. The number of halogens is 2. The maximum atomic E-state index is 13.5. The highest BCUT2D eigenvalue weighted by Gasteiger charge is 2.18. The van der Waals surface area contributed by atoms with Gasteiger partial charge in [-0.1, -0.05) is 20.8 Å². The van der Waals surface area contributed by atoms with Gasteiger partial charge in [-0.05, 0) is 17.5 Å². The van der Waals surface area contributed by atoms with E-state index in [1.807, 2.05) is 20.8 Å². The van der Waals surface area contributed by atoms with E-state index in [4.69, 9.17) is 5.73 Å². The Morgan fingerprint density at radius 1 is 1.35 bits per heavy atom. The summed E-state index contributed by atoms with van der Waals surface area (Å²) in [5, 5.41) is 2.53. The van der Waals surface area contributed by atoms with E-state index in [2.05, 4.69) is 5.32 Å². The summed E-state index contributed by atoms with van der Waals surface area (Å²) in [6.45, 7) is 6.12. The van der Waals surface area contributed by atoms with E-state index in [0.29, 0.717) is 6.54 Å². The number of carbonyl (C=O) groups is 1. The minimum Gasteiger partial charge on any atom is -0.396 e. The first-order chi connectivity index (χ1) is 7.70. The summed E-state index contributed by atoms with van der Waals surface area (Å²) in [4.78, 5) is 11.6. The Balaban J connectivity index is 2.90. The third kappa shape index (κ3) is 3.69. The van der Waals surface area contributed by atoms with E-state index in [-0.39, 0.29) is 16.7 Å². The number of nitrogens with one attached hydrogen (secondary N) is 1. The van der Waals surface area contributed by atoms with Crippen LogP contribution in [0, 0.1) is 17.0 Å². The SMILES string of the molecule is CC(C)(C)CNC(=O)c1cc(F)cc(N)c1F. The minimum atomic E-state index is -0.891. The predicted octanol–water partition coefficient (Wildman–Crippen LogP) is 2.32. The molecule has 0 spiro atoms. The molecule has 1 rings (SSSR count). The minimum absolute atomic E-state index is 0.134. The first-order valence-electron chi connectivity index (χ1n) is 5.23. The lowest BCUT2D eigenvalue weighted by Crippen LogP contribution is -2.32. The molecule has 0 saturated heterocycles. The molecule has 0 heterocycles. The fourth-order valence-corrected chi connectivity index (χ4v) is 1.22. The molecule has 0 fully saturated rings. The molecule has 0 aliphatic heterocycles. The number of nitrogens with two attached hydrogens (primary N) is 1. The van der Waals surface area contributed by atoms with Crippen molar-refractivity contribution in [1.82, 2.24) is 5.32 Å². The molecule has 0 atom stereocenters. The first kappa shape index (κ1) is 13.4. The van der Waals surface area contributed by atoms with Gasteiger partial charge in [-0.2, -0.15) is 0 Å². The van der Waals surface area contributed by atoms with Crippen molar-refractivity contribution in [3.8, 4) is 0 Å². The Hall–Kier alpha value is -1.65. The summed E-state index contributed by atoms with van der Waals surface area (Å²) in [6.07, 6.45) is 0. The number of nitrogen functional groups attached to an aromatic ring is 1. The number of amides is 1. The molecule has 3 N–H and O–H groups in total. The van der Waals surface area contributed by atoms with Crippen LogP contribution in [0.1, 0.15) is 31.1 Å². The van der Waals surface area contributed by atoms with Crippen molar-refractivity contribution in [3.05, 3.63) is 29.3 Å². The predicted molar refractivity (Wildman–Crippen MR) is 62.6 cm³/mol. The van der Waals surface area contributed by atoms with Gasteiger partial charge in [-0.25, -0.2) is 8.78 Å². The molecule has 1 aromatic carbocycles. The van der Waals surface area contributed by atoms with Crippen molar-refractivity contribution >= 4 is 11.6 Å². The second kappa shape index (κ2) is 4.69. The van der Waals surface area contributed by atoms with Gasteiger partial charge >= 0.3 is 0 Å². The zero-order chi connectivity index (χ0) is 13.2. The smallest absolute Gasteiger partial charge is 0.254 e. The van der Waals surface area contributed by atoms with Gasteiger partial charge in [0.2, 0.25) is 0 Å². The van der Waals surface area contributed by atoms with Gasteiger partial charge in [0.15, 0.2) is 5.82 Å². The van der Waals surface area contributed by atoms with Gasteiger partial charge in [-0.15, -0.1) is 0 Å². The van der Waals surface area contributed by atoms with E-state index in [9.17, 15) is 13.6 Å². The lowest BCUT2D eigenvalue weighted by Gasteiger charge is -2.18. The Morgan fingerprint density at radius 3 is 2.47 bits per heavy atom. The number of hydrogen-bond acceptors (Lipinski definition) is 2. The Bertz CT molecular complexity index is 439. The van der Waals surface area contributed by atoms with E-state index in [0.717, 1.165) is 12.1 Å². The Labute approximate surface area is 99.0 Å². The van der Waals surface area contributed by atoms with Crippen LogP contribution in [-0.2, 0) is 0 Å². The van der Waals surface area contributed by atoms with Crippen LogP contribution in [0.4, 0.5) is 14.5 Å². The molecule has 0 bridgehead atoms. The molecule has 1 amide bonds. The van der Waals surface area contributed by atoms with Crippen LogP contribution in [0.25, 0.3) is 0 Å². The summed E-state index contributed by atoms with van der Waals surface area (Å²) in [7, 11) is 0. The van der Waals surface area contributed by atoms with E-state index < -0.39 is 17.5 Å². The van der Waals surface area contributed by atoms with Crippen LogP contribution in [0.15, 0.2) is 12.1 Å². The van der Waals surface area contributed by atoms with Crippen molar-refractivity contribution in [2.75, 3.05) is 12.3 Å². The Morgan fingerprint density at radius 2 is 1.94 bits per heavy atom. The maximum absolute atomic E-state index is 13.5. The second-order valence-corrected chi connectivity index (χ2v) is 5.10. The highest BCUT2D eigenvalue weighted by atomic mass is 19.1. The van der Waals surface area contributed by atoms with E-state index >= 15 is 0 Å². The maximum Gasteiger partial charge on any atom is 0.254 e. The zero-order valence-electron chi connectivity index (χ0n) is 10.1. The summed E-state index contributed by atoms with van der Waals surface area (Å²) in [6, 6.07) is 1.68. The van der Waals surface area contributed by atoms with Gasteiger partial charge in [0.1, 0.15) is 5.82 Å². The van der Waals surface area contributed by atoms with Crippen molar-refractivity contribution in [2.45, 2.75) is 20.8 Å². The molecule has 3 nitrogen and oxygen atoms in total. The third-order valence-corrected chi connectivity index (χ3v) is 2.09. The molecule has 0 aliphatic carbocycles. The molecule has 1 aromatic rings. The van der Waals surface area contributed by atoms with Crippen molar-refractivity contribution < 1.29 is 13.6 Å². The molecular formula is C12H16F2N2O. The lowest BCUT2D eigenvalue weighted by atomic mass is 9.97. The first-order valence-corrected chi connectivity index (χ1v) is 5.23. The van der Waals surface area contributed by atoms with Gasteiger partial charge in [-0.3, -0.25) is 4.79 Å². The highest BCUT2D eigenvalue weighted by Crippen LogP contribution is 2.18. The lowest BCUT2D eigenvalue weighted by molar-refractivity contribution is 0.0935. The molecule has 94 valence electrons. The number of benzene rings is 1. The van der Waals surface area contributed by atoms with Crippen molar-refractivity contribution in [3.63, 3.8) is 0 Å². The molecule has 0 aromatic heterocycles. The topological polar surface area (TPSA) is 55.1 Å². The molecule has 0 aliphatic rings. The zero-order valence-corrected chi connectivity index (χ0v) is 10.1. The number of carbonyl (C=O) groups excluding carboxylic acids is 1. The molecular weight excluding hydrogens is 226 g/mol. The fourth-order valence-electron chi connectivity index (χ4n) is 1.22. The van der Waals surface area contributed by atoms with Crippen LogP contribution in [-0.4, -0.2) is 12.5 Å². The summed E-state index contributed by atoms with van der Waals surface area (Å²) in [5.41, 5.74) is 4.37. The van der Waals surface area contributed by atoms with E-state index in [1.54, 1.807) is 0 Å². The van der Waals surface area contributed by atoms with Gasteiger partial charge in [0, 0.05) is 6.54 Å². The molecule has 0 saturated carbocycles. The molecule has 0 radical (unpaired) electrons. The van der Waals surface area contributed by atoms with Crippen LogP contribution in [0.2, 0.25) is 0 Å². The fraction of sp³-hybridized carbons (Fsp3) is 0.417. The number of anilines is 1. The van der Waals surface area contributed by atoms with Gasteiger partial charge in [0.25, 0.3) is 5.91 Å². The van der Waals surface area contributed by atoms with Crippen molar-refractivity contribution in [2.24, 2.45) is 5.41 Å². The normalized spacial score (nSPS) is 11.4. The van der Waals surface area contributed by atoms with Crippen molar-refractivity contribution in [1.29, 1.82) is 0 Å². The van der Waals surface area contributed by atoms with Gasteiger partial charge < -0.3 is 11.1 Å². The van der Waals surface area contributed by atoms with Crippen LogP contribution in [0.3, 0.4) is 0 Å². The number of hydrogen-bond donors (Lipinski definition) is 2. The average Bonchev–Trinajstić information content (AvgIpc) is 2.19. The number of rotatable bonds is 2. The monoisotopic (exact) mass is 242 g/mol. The van der Waals surface area contributed by atoms with Crippen LogP contribution >= 0.6 is 0 Å². The highest BCUT2D eigenvalue weighted by molar-refractivity contribution is 5.95. The second-order valence-electron chi connectivity index (χ2n) is 5.10. The quantitative estimate of drug-likeness (QED) is 0.782. The largest absolute Gasteiger partial charge is 0.396 e. The van der Waals surface area contributed by atoms with E-state index in [1.165, 1.54) is 0 Å². The molecule has 5 heteroatoms.